The minimum atomic E-state index is -4.52. The molecular weight excluding hydrogens is 358 g/mol. The van der Waals surface area contributed by atoms with Gasteiger partial charge in [0.1, 0.15) is 11.5 Å². The van der Waals surface area contributed by atoms with Crippen LogP contribution in [0.3, 0.4) is 0 Å². The van der Waals surface area contributed by atoms with Crippen LogP contribution in [-0.2, 0) is 12.1 Å². The molecule has 20 heavy (non-hydrogen) atoms. The molecule has 1 aromatic heterocycles. The molecule has 0 aliphatic rings. The zero-order valence-corrected chi connectivity index (χ0v) is 12.3. The minimum absolute atomic E-state index is 0.00179. The van der Waals surface area contributed by atoms with Gasteiger partial charge in [0.25, 0.3) is 0 Å². The van der Waals surface area contributed by atoms with E-state index in [9.17, 15) is 13.2 Å². The first-order valence-electron chi connectivity index (χ1n) is 5.44. The molecule has 0 N–H and O–H groups in total. The molecule has 0 spiro atoms. The maximum absolute atomic E-state index is 13.0. The molecule has 2 aromatic rings. The smallest absolute Gasteiger partial charge is 0.419 e. The highest BCUT2D eigenvalue weighted by atomic mass is 79.9. The summed E-state index contributed by atoms with van der Waals surface area (Å²) in [6, 6.07) is 5.25. The van der Waals surface area contributed by atoms with E-state index >= 15 is 0 Å². The molecule has 2 nitrogen and oxygen atoms in total. The second-order valence-corrected chi connectivity index (χ2v) is 5.09. The van der Waals surface area contributed by atoms with Crippen molar-refractivity contribution in [2.45, 2.75) is 12.1 Å². The maximum Gasteiger partial charge on any atom is 0.419 e. The Bertz CT molecular complexity index is 619. The lowest BCUT2D eigenvalue weighted by Crippen LogP contribution is -2.08. The highest BCUT2D eigenvalue weighted by molar-refractivity contribution is 9.10. The molecule has 0 bridgehead atoms. The number of aromatic nitrogens is 1. The van der Waals surface area contributed by atoms with Crippen LogP contribution >= 0.6 is 27.5 Å². The summed E-state index contributed by atoms with van der Waals surface area (Å²) in [6.07, 6.45) is -1.68. The molecule has 0 fully saturated rings. The molecule has 0 atom stereocenters. The van der Waals surface area contributed by atoms with E-state index < -0.39 is 11.7 Å². The van der Waals surface area contributed by atoms with E-state index in [4.69, 9.17) is 16.3 Å². The highest BCUT2D eigenvalue weighted by Crippen LogP contribution is 2.39. The predicted octanol–water partition coefficient (Wildman–Crippen LogP) is 5.39. The molecule has 7 heteroatoms. The van der Waals surface area contributed by atoms with Gasteiger partial charge in [-0.05, 0) is 39.7 Å². The number of ether oxygens (including phenoxy) is 1. The molecule has 0 radical (unpaired) electrons. The van der Waals surface area contributed by atoms with Gasteiger partial charge in [-0.1, -0.05) is 6.07 Å². The molecule has 1 heterocycles. The first-order valence-corrected chi connectivity index (χ1v) is 6.77. The number of hydrogen-bond acceptors (Lipinski definition) is 2. The predicted molar refractivity (Wildman–Crippen MR) is 73.0 cm³/mol. The third-order valence-electron chi connectivity index (χ3n) is 2.41. The molecule has 1 aromatic carbocycles. The van der Waals surface area contributed by atoms with Gasteiger partial charge in [0, 0.05) is 16.5 Å². The zero-order chi connectivity index (χ0) is 14.8. The SMILES string of the molecule is FC(F)(F)c1cc(CCl)ccc1Oc1cncc(Br)c1. The number of alkyl halides is 4. The molecule has 0 amide bonds. The number of pyridine rings is 1. The largest absolute Gasteiger partial charge is 0.455 e. The van der Waals surface area contributed by atoms with Crippen LogP contribution in [0.2, 0.25) is 0 Å². The zero-order valence-electron chi connectivity index (χ0n) is 9.92. The quantitative estimate of drug-likeness (QED) is 0.679. The molecule has 0 saturated heterocycles. The standard InChI is InChI=1S/C13H8BrClF3NO/c14-9-4-10(7-19-6-9)20-12-2-1-8(5-15)3-11(12)13(16,17)18/h1-4,6-7H,5H2. The number of nitrogens with zero attached hydrogens (tertiary/aromatic N) is 1. The monoisotopic (exact) mass is 365 g/mol. The van der Waals surface area contributed by atoms with Crippen LogP contribution in [0.15, 0.2) is 41.1 Å². The Morgan fingerprint density at radius 2 is 1.95 bits per heavy atom. The summed E-state index contributed by atoms with van der Waals surface area (Å²) in [6.45, 7) is 0. The van der Waals surface area contributed by atoms with Crippen molar-refractivity contribution in [2.24, 2.45) is 0 Å². The van der Waals surface area contributed by atoms with Crippen LogP contribution in [0.25, 0.3) is 0 Å². The van der Waals surface area contributed by atoms with Gasteiger partial charge >= 0.3 is 6.18 Å². The fourth-order valence-corrected chi connectivity index (χ4v) is 2.06. The fourth-order valence-electron chi connectivity index (χ4n) is 1.55. The van der Waals surface area contributed by atoms with Crippen molar-refractivity contribution < 1.29 is 17.9 Å². The molecule has 0 saturated carbocycles. The summed E-state index contributed by atoms with van der Waals surface area (Å²) < 4.78 is 44.9. The van der Waals surface area contributed by atoms with Gasteiger partial charge in [-0.15, -0.1) is 11.6 Å². The van der Waals surface area contributed by atoms with Gasteiger partial charge in [0.2, 0.25) is 0 Å². The van der Waals surface area contributed by atoms with Gasteiger partial charge in [-0.2, -0.15) is 13.2 Å². The van der Waals surface area contributed by atoms with Crippen LogP contribution in [0.5, 0.6) is 11.5 Å². The van der Waals surface area contributed by atoms with Crippen molar-refractivity contribution >= 4 is 27.5 Å². The van der Waals surface area contributed by atoms with Gasteiger partial charge in [-0.25, -0.2) is 0 Å². The Labute approximate surface area is 126 Å². The minimum Gasteiger partial charge on any atom is -0.455 e. The summed E-state index contributed by atoms with van der Waals surface area (Å²) in [5, 5.41) is 0. The lowest BCUT2D eigenvalue weighted by atomic mass is 10.1. The van der Waals surface area contributed by atoms with Crippen LogP contribution in [0, 0.1) is 0 Å². The number of hydrogen-bond donors (Lipinski definition) is 0. The van der Waals surface area contributed by atoms with E-state index in [-0.39, 0.29) is 17.4 Å². The molecule has 0 aliphatic heterocycles. The van der Waals surface area contributed by atoms with Crippen molar-refractivity contribution in [3.05, 3.63) is 52.3 Å². The van der Waals surface area contributed by atoms with Gasteiger partial charge in [0.15, 0.2) is 0 Å². The van der Waals surface area contributed by atoms with E-state index in [1.807, 2.05) is 0 Å². The second kappa shape index (κ2) is 6.01. The Balaban J connectivity index is 2.41. The summed E-state index contributed by atoms with van der Waals surface area (Å²) in [7, 11) is 0. The van der Waals surface area contributed by atoms with E-state index in [1.165, 1.54) is 30.6 Å². The highest BCUT2D eigenvalue weighted by Gasteiger charge is 2.34. The summed E-state index contributed by atoms with van der Waals surface area (Å²) in [5.41, 5.74) is -0.491. The number of rotatable bonds is 3. The van der Waals surface area contributed by atoms with E-state index in [0.717, 1.165) is 6.07 Å². The van der Waals surface area contributed by atoms with E-state index in [2.05, 4.69) is 20.9 Å². The second-order valence-electron chi connectivity index (χ2n) is 3.90. The van der Waals surface area contributed by atoms with E-state index in [1.54, 1.807) is 0 Å². The average molecular weight is 367 g/mol. The number of benzene rings is 1. The molecule has 0 aliphatic carbocycles. The van der Waals surface area contributed by atoms with Crippen molar-refractivity contribution in [1.29, 1.82) is 0 Å². The summed E-state index contributed by atoms with van der Waals surface area (Å²) in [5.74, 6) is -0.0725. The maximum atomic E-state index is 13.0. The normalized spacial score (nSPS) is 11.4. The van der Waals surface area contributed by atoms with Crippen LogP contribution in [0.1, 0.15) is 11.1 Å². The van der Waals surface area contributed by atoms with Gasteiger partial charge in [-0.3, -0.25) is 4.98 Å². The van der Waals surface area contributed by atoms with Crippen LogP contribution in [-0.4, -0.2) is 4.98 Å². The molecule has 106 valence electrons. The Kier molecular flexibility index (Phi) is 4.55. The van der Waals surface area contributed by atoms with E-state index in [0.29, 0.717) is 10.0 Å². The number of halogens is 5. The van der Waals surface area contributed by atoms with Crippen molar-refractivity contribution in [3.8, 4) is 11.5 Å². The Morgan fingerprint density at radius 1 is 1.20 bits per heavy atom. The molecule has 0 unspecified atom stereocenters. The summed E-state index contributed by atoms with van der Waals surface area (Å²) in [4.78, 5) is 3.83. The lowest BCUT2D eigenvalue weighted by molar-refractivity contribution is -0.138. The van der Waals surface area contributed by atoms with Gasteiger partial charge in [0.05, 0.1) is 11.8 Å². The summed E-state index contributed by atoms with van der Waals surface area (Å²) >= 11 is 8.73. The van der Waals surface area contributed by atoms with Crippen molar-refractivity contribution in [1.82, 2.24) is 4.98 Å². The van der Waals surface area contributed by atoms with Crippen molar-refractivity contribution in [2.75, 3.05) is 0 Å². The van der Waals surface area contributed by atoms with Crippen LogP contribution in [0.4, 0.5) is 13.2 Å². The average Bonchev–Trinajstić information content (AvgIpc) is 2.38. The third kappa shape index (κ3) is 3.64. The topological polar surface area (TPSA) is 22.1 Å². The van der Waals surface area contributed by atoms with Crippen LogP contribution < -0.4 is 4.74 Å². The van der Waals surface area contributed by atoms with Crippen molar-refractivity contribution in [3.63, 3.8) is 0 Å². The molecule has 2 rings (SSSR count). The first-order chi connectivity index (χ1) is 9.40. The lowest BCUT2D eigenvalue weighted by Gasteiger charge is -2.14. The third-order valence-corrected chi connectivity index (χ3v) is 3.15. The fraction of sp³-hybridized carbons (Fsp3) is 0.154. The molecular formula is C13H8BrClF3NO. The van der Waals surface area contributed by atoms with Gasteiger partial charge < -0.3 is 4.74 Å². The Morgan fingerprint density at radius 3 is 2.55 bits per heavy atom. The Hall–Kier alpha value is -1.27. The first kappa shape index (κ1) is 15.1.